The minimum absolute atomic E-state index is 0.0548. The minimum Gasteiger partial charge on any atom is -0.462 e. The smallest absolute Gasteiger partial charge is 0.306 e. The average Bonchev–Trinajstić information content (AvgIpc) is 3.34. The van der Waals surface area contributed by atoms with Crippen LogP contribution in [0.5, 0.6) is 0 Å². The summed E-state index contributed by atoms with van der Waals surface area (Å²) in [4.78, 5) is 25.5. The van der Waals surface area contributed by atoms with Gasteiger partial charge in [0.25, 0.3) is 0 Å². The van der Waals surface area contributed by atoms with Crippen molar-refractivity contribution in [3.05, 3.63) is 109 Å². The number of carbonyl (C=O) groups is 2. The van der Waals surface area contributed by atoms with E-state index in [0.717, 1.165) is 109 Å². The molecule has 0 heterocycles. The maximum Gasteiger partial charge on any atom is 0.306 e. The van der Waals surface area contributed by atoms with Crippen LogP contribution in [0, 0.1) is 0 Å². The highest BCUT2D eigenvalue weighted by molar-refractivity contribution is 5.70. The van der Waals surface area contributed by atoms with Crippen LogP contribution in [0.1, 0.15) is 252 Å². The van der Waals surface area contributed by atoms with Crippen molar-refractivity contribution >= 4 is 11.9 Å². The molecule has 68 heavy (non-hydrogen) atoms. The Bertz CT molecular complexity index is 1340. The predicted molar refractivity (Wildman–Crippen MR) is 297 cm³/mol. The molecule has 1 unspecified atom stereocenters. The second-order valence-electron chi connectivity index (χ2n) is 18.4. The van der Waals surface area contributed by atoms with Crippen molar-refractivity contribution in [2.24, 2.45) is 0 Å². The maximum absolute atomic E-state index is 12.9. The number of allylic oxidation sites excluding steroid dienone is 18. The quantitative estimate of drug-likeness (QED) is 0.0345. The number of hydrogen-bond acceptors (Lipinski definition) is 5. The number of carbonyl (C=O) groups excluding carboxylic acids is 2. The van der Waals surface area contributed by atoms with Crippen LogP contribution in [0.2, 0.25) is 0 Å². The summed E-state index contributed by atoms with van der Waals surface area (Å²) < 4.78 is 17.4. The van der Waals surface area contributed by atoms with E-state index in [9.17, 15) is 9.59 Å². The summed E-state index contributed by atoms with van der Waals surface area (Å²) in [6.07, 6.45) is 79.6. The first kappa shape index (κ1) is 64.6. The molecule has 5 nitrogen and oxygen atoms in total. The Morgan fingerprint density at radius 1 is 0.338 bits per heavy atom. The second-order valence-corrected chi connectivity index (χ2v) is 18.4. The number of ether oxygens (including phenoxy) is 3. The number of unbranched alkanes of at least 4 members (excludes halogenated alkanes) is 22. The lowest BCUT2D eigenvalue weighted by Crippen LogP contribution is -2.30. The van der Waals surface area contributed by atoms with Gasteiger partial charge >= 0.3 is 11.9 Å². The molecule has 0 aromatic rings. The topological polar surface area (TPSA) is 61.8 Å². The van der Waals surface area contributed by atoms with Gasteiger partial charge in [0, 0.05) is 19.4 Å². The van der Waals surface area contributed by atoms with Crippen molar-refractivity contribution < 1.29 is 23.8 Å². The van der Waals surface area contributed by atoms with Crippen LogP contribution in [0.25, 0.3) is 0 Å². The molecule has 0 saturated heterocycles. The van der Waals surface area contributed by atoms with Crippen LogP contribution < -0.4 is 0 Å². The van der Waals surface area contributed by atoms with Gasteiger partial charge in [0.1, 0.15) is 6.61 Å². The summed E-state index contributed by atoms with van der Waals surface area (Å²) in [6, 6.07) is 0. The van der Waals surface area contributed by atoms with E-state index >= 15 is 0 Å². The zero-order chi connectivity index (χ0) is 49.2. The van der Waals surface area contributed by atoms with Crippen LogP contribution in [0.4, 0.5) is 0 Å². The molecule has 0 fully saturated rings. The maximum atomic E-state index is 12.9. The molecule has 0 bridgehead atoms. The van der Waals surface area contributed by atoms with Gasteiger partial charge in [-0.15, -0.1) is 0 Å². The number of esters is 2. The zero-order valence-corrected chi connectivity index (χ0v) is 44.6. The highest BCUT2D eigenvalue weighted by Gasteiger charge is 2.17. The van der Waals surface area contributed by atoms with Gasteiger partial charge in [-0.3, -0.25) is 9.59 Å². The van der Waals surface area contributed by atoms with Crippen molar-refractivity contribution in [3.8, 4) is 0 Å². The van der Waals surface area contributed by atoms with Gasteiger partial charge in [-0.2, -0.15) is 0 Å². The van der Waals surface area contributed by atoms with Crippen LogP contribution in [0.15, 0.2) is 109 Å². The average molecular weight is 944 g/mol. The van der Waals surface area contributed by atoms with E-state index in [0.29, 0.717) is 19.4 Å². The monoisotopic (exact) mass is 943 g/mol. The SMILES string of the molecule is CC/C=C\C/C=C\C/C=C\C/C=C\C/C=C\CCCCOCC(COC(=O)CCCCCCCCC/C=C\C/C=C\CCCCC)OC(=O)CCCCCCCCC/C=C\C/C=C\CCCCC. The number of hydrogen-bond donors (Lipinski definition) is 0. The van der Waals surface area contributed by atoms with E-state index in [4.69, 9.17) is 14.2 Å². The molecule has 0 aliphatic heterocycles. The fraction of sp³-hybridized carbons (Fsp3) is 0.683. The Kier molecular flexibility index (Phi) is 54.9. The molecule has 0 spiro atoms. The van der Waals surface area contributed by atoms with Crippen LogP contribution >= 0.6 is 0 Å². The normalized spacial score (nSPS) is 13.0. The molecule has 0 aromatic carbocycles. The van der Waals surface area contributed by atoms with E-state index in [1.165, 1.54) is 109 Å². The van der Waals surface area contributed by atoms with Gasteiger partial charge in [-0.05, 0) is 128 Å². The Morgan fingerprint density at radius 3 is 1.06 bits per heavy atom. The first-order valence-corrected chi connectivity index (χ1v) is 28.4. The molecule has 1 atom stereocenters. The van der Waals surface area contributed by atoms with Crippen molar-refractivity contribution in [1.82, 2.24) is 0 Å². The Balaban J connectivity index is 4.40. The lowest BCUT2D eigenvalue weighted by molar-refractivity contribution is -0.163. The van der Waals surface area contributed by atoms with E-state index in [-0.39, 0.29) is 25.2 Å². The largest absolute Gasteiger partial charge is 0.462 e. The van der Waals surface area contributed by atoms with Gasteiger partial charge in [0.2, 0.25) is 0 Å². The molecular formula is C63H106O5. The van der Waals surface area contributed by atoms with E-state index in [1.54, 1.807) is 0 Å². The molecule has 0 saturated carbocycles. The highest BCUT2D eigenvalue weighted by atomic mass is 16.6. The second kappa shape index (κ2) is 57.9. The van der Waals surface area contributed by atoms with Crippen molar-refractivity contribution in [2.45, 2.75) is 258 Å². The van der Waals surface area contributed by atoms with E-state index < -0.39 is 6.10 Å². The fourth-order valence-electron chi connectivity index (χ4n) is 7.54. The molecule has 0 rings (SSSR count). The highest BCUT2D eigenvalue weighted by Crippen LogP contribution is 2.14. The van der Waals surface area contributed by atoms with Crippen LogP contribution in [0.3, 0.4) is 0 Å². The Hall–Kier alpha value is -3.44. The molecule has 0 radical (unpaired) electrons. The zero-order valence-electron chi connectivity index (χ0n) is 44.6. The molecule has 0 aromatic heterocycles. The third kappa shape index (κ3) is 55.2. The lowest BCUT2D eigenvalue weighted by atomic mass is 10.1. The first-order valence-electron chi connectivity index (χ1n) is 28.4. The summed E-state index contributed by atoms with van der Waals surface area (Å²) in [5, 5.41) is 0. The van der Waals surface area contributed by atoms with Gasteiger partial charge in [-0.1, -0.05) is 220 Å². The number of rotatable bonds is 51. The summed E-state index contributed by atoms with van der Waals surface area (Å²) in [6.45, 7) is 7.55. The van der Waals surface area contributed by atoms with Gasteiger partial charge in [0.05, 0.1) is 6.61 Å². The van der Waals surface area contributed by atoms with Crippen LogP contribution in [-0.4, -0.2) is 37.9 Å². The van der Waals surface area contributed by atoms with Gasteiger partial charge in [0.15, 0.2) is 6.10 Å². The summed E-state index contributed by atoms with van der Waals surface area (Å²) >= 11 is 0. The fourth-order valence-corrected chi connectivity index (χ4v) is 7.54. The predicted octanol–water partition coefficient (Wildman–Crippen LogP) is 19.6. The van der Waals surface area contributed by atoms with Crippen molar-refractivity contribution in [3.63, 3.8) is 0 Å². The van der Waals surface area contributed by atoms with Crippen molar-refractivity contribution in [2.75, 3.05) is 19.8 Å². The molecule has 5 heteroatoms. The third-order valence-corrected chi connectivity index (χ3v) is 11.8. The molecule has 0 amide bonds. The molecule has 0 aliphatic rings. The molecule has 0 N–H and O–H groups in total. The molecule has 388 valence electrons. The van der Waals surface area contributed by atoms with Crippen LogP contribution in [-0.2, 0) is 23.8 Å². The summed E-state index contributed by atoms with van der Waals surface area (Å²) in [7, 11) is 0. The Morgan fingerprint density at radius 2 is 0.662 bits per heavy atom. The third-order valence-electron chi connectivity index (χ3n) is 11.8. The lowest BCUT2D eigenvalue weighted by Gasteiger charge is -2.18. The van der Waals surface area contributed by atoms with E-state index in [1.807, 2.05) is 0 Å². The van der Waals surface area contributed by atoms with Gasteiger partial charge < -0.3 is 14.2 Å². The molecular weight excluding hydrogens is 837 g/mol. The molecule has 0 aliphatic carbocycles. The standard InChI is InChI=1S/C63H106O5/c1-4-7-10-13-16-19-22-25-28-31-34-37-40-43-46-49-52-55-58-66-59-61(68-63(65)57-54-51-48-45-42-39-36-33-30-27-24-21-18-15-12-9-6-3)60-67-62(64)56-53-50-47-44-41-38-35-32-29-26-23-20-17-14-11-8-5-2/h7,10,16-21,25-30,34,37,43,46,61H,4-6,8-9,11-15,22-24,31-33,35-36,38-42,44-45,47-60H2,1-3H3/b10-7-,19-16-,20-17-,21-18-,28-25-,29-26-,30-27-,37-34-,46-43-. The van der Waals surface area contributed by atoms with Crippen molar-refractivity contribution in [1.29, 1.82) is 0 Å². The minimum atomic E-state index is -0.574. The summed E-state index contributed by atoms with van der Waals surface area (Å²) in [5.41, 5.74) is 0. The Labute approximate surface area is 421 Å². The first-order chi connectivity index (χ1) is 33.6. The van der Waals surface area contributed by atoms with E-state index in [2.05, 4.69) is 130 Å². The van der Waals surface area contributed by atoms with Gasteiger partial charge in [-0.25, -0.2) is 0 Å². The summed E-state index contributed by atoms with van der Waals surface area (Å²) in [5.74, 6) is -0.441.